The lowest BCUT2D eigenvalue weighted by Gasteiger charge is -2.31. The molecule has 1 atom stereocenters. The van der Waals surface area contributed by atoms with E-state index in [0.717, 1.165) is 30.5 Å². The maximum Gasteiger partial charge on any atom is 0.136 e. The van der Waals surface area contributed by atoms with Gasteiger partial charge in [-0.15, -0.1) is 0 Å². The summed E-state index contributed by atoms with van der Waals surface area (Å²) in [7, 11) is 6.14. The summed E-state index contributed by atoms with van der Waals surface area (Å²) in [6.07, 6.45) is 2.46. The van der Waals surface area contributed by atoms with Gasteiger partial charge in [0.15, 0.2) is 0 Å². The highest BCUT2D eigenvalue weighted by molar-refractivity contribution is 5.50. The first kappa shape index (κ1) is 15.0. The monoisotopic (exact) mass is 277 g/mol. The summed E-state index contributed by atoms with van der Waals surface area (Å²) in [4.78, 5) is 14.0. The number of aromatic nitrogens is 2. The van der Waals surface area contributed by atoms with Gasteiger partial charge in [-0.05, 0) is 40.8 Å². The molecule has 1 aliphatic carbocycles. The minimum Gasteiger partial charge on any atom is -0.373 e. The molecule has 5 heteroatoms. The van der Waals surface area contributed by atoms with Gasteiger partial charge in [0.1, 0.15) is 17.5 Å². The van der Waals surface area contributed by atoms with E-state index in [4.69, 9.17) is 4.98 Å². The van der Waals surface area contributed by atoms with Gasteiger partial charge in [-0.1, -0.05) is 0 Å². The molecule has 1 saturated carbocycles. The Morgan fingerprint density at radius 3 is 2.55 bits per heavy atom. The lowest BCUT2D eigenvalue weighted by atomic mass is 10.2. The van der Waals surface area contributed by atoms with Gasteiger partial charge in [0, 0.05) is 38.2 Å². The van der Waals surface area contributed by atoms with Crippen molar-refractivity contribution in [1.82, 2.24) is 14.9 Å². The Hall–Kier alpha value is -1.36. The van der Waals surface area contributed by atoms with Gasteiger partial charge in [0.05, 0.1) is 0 Å². The fourth-order valence-corrected chi connectivity index (χ4v) is 2.58. The van der Waals surface area contributed by atoms with E-state index in [-0.39, 0.29) is 0 Å². The topological polar surface area (TPSA) is 44.3 Å². The van der Waals surface area contributed by atoms with E-state index in [1.807, 2.05) is 7.05 Å². The SMILES string of the molecule is CCN(c1cc(NC)nc(C2CC2)n1)C(C)CN(C)C. The van der Waals surface area contributed by atoms with Crippen LogP contribution in [0.15, 0.2) is 6.07 Å². The van der Waals surface area contributed by atoms with E-state index in [9.17, 15) is 0 Å². The fourth-order valence-electron chi connectivity index (χ4n) is 2.58. The van der Waals surface area contributed by atoms with Crippen LogP contribution in [0.4, 0.5) is 11.6 Å². The van der Waals surface area contributed by atoms with Crippen molar-refractivity contribution in [3.63, 3.8) is 0 Å². The molecule has 1 heterocycles. The van der Waals surface area contributed by atoms with Gasteiger partial charge in [0.2, 0.25) is 0 Å². The number of rotatable bonds is 7. The maximum absolute atomic E-state index is 4.80. The Morgan fingerprint density at radius 1 is 1.35 bits per heavy atom. The van der Waals surface area contributed by atoms with Crippen LogP contribution in [0.25, 0.3) is 0 Å². The first-order valence-corrected chi connectivity index (χ1v) is 7.53. The molecule has 0 saturated heterocycles. The van der Waals surface area contributed by atoms with Crippen LogP contribution >= 0.6 is 0 Å². The first-order chi connectivity index (χ1) is 9.55. The van der Waals surface area contributed by atoms with Crippen molar-refractivity contribution < 1.29 is 0 Å². The molecule has 0 aliphatic heterocycles. The third kappa shape index (κ3) is 3.60. The van der Waals surface area contributed by atoms with Gasteiger partial charge in [-0.25, -0.2) is 9.97 Å². The number of hydrogen-bond donors (Lipinski definition) is 1. The summed E-state index contributed by atoms with van der Waals surface area (Å²) in [6.45, 7) is 6.41. The van der Waals surface area contributed by atoms with Crippen molar-refractivity contribution in [2.75, 3.05) is 44.4 Å². The van der Waals surface area contributed by atoms with Crippen LogP contribution in [0.1, 0.15) is 38.4 Å². The molecule has 2 rings (SSSR count). The smallest absolute Gasteiger partial charge is 0.136 e. The Kier molecular flexibility index (Phi) is 4.81. The zero-order chi connectivity index (χ0) is 14.7. The molecule has 0 spiro atoms. The van der Waals surface area contributed by atoms with Gasteiger partial charge >= 0.3 is 0 Å². The summed E-state index contributed by atoms with van der Waals surface area (Å²) in [5.41, 5.74) is 0. The average Bonchev–Trinajstić information content (AvgIpc) is 3.22. The number of likely N-dealkylation sites (N-methyl/N-ethyl adjacent to an activating group) is 2. The summed E-state index contributed by atoms with van der Waals surface area (Å²) in [5, 5.41) is 3.16. The quantitative estimate of drug-likeness (QED) is 0.827. The van der Waals surface area contributed by atoms with Crippen LogP contribution in [0, 0.1) is 0 Å². The van der Waals surface area contributed by atoms with Crippen LogP contribution in [0.5, 0.6) is 0 Å². The van der Waals surface area contributed by atoms with Crippen molar-refractivity contribution >= 4 is 11.6 Å². The molecule has 1 aliphatic rings. The van der Waals surface area contributed by atoms with E-state index in [1.54, 1.807) is 0 Å². The Bertz CT molecular complexity index is 442. The molecule has 1 aromatic heterocycles. The second-order valence-corrected chi connectivity index (χ2v) is 5.89. The van der Waals surface area contributed by atoms with Crippen LogP contribution in [-0.4, -0.2) is 55.1 Å². The highest BCUT2D eigenvalue weighted by Gasteiger charge is 2.28. The van der Waals surface area contributed by atoms with Crippen LogP contribution in [0.2, 0.25) is 0 Å². The zero-order valence-corrected chi connectivity index (χ0v) is 13.3. The van der Waals surface area contributed by atoms with Gasteiger partial charge in [0.25, 0.3) is 0 Å². The van der Waals surface area contributed by atoms with Crippen molar-refractivity contribution in [2.45, 2.75) is 38.6 Å². The summed E-state index contributed by atoms with van der Waals surface area (Å²) < 4.78 is 0. The van der Waals surface area contributed by atoms with Gasteiger partial charge in [-0.2, -0.15) is 0 Å². The van der Waals surface area contributed by atoms with E-state index in [1.165, 1.54) is 12.8 Å². The lowest BCUT2D eigenvalue weighted by Crippen LogP contribution is -2.40. The second kappa shape index (κ2) is 6.39. The van der Waals surface area contributed by atoms with Crippen molar-refractivity contribution in [3.05, 3.63) is 11.9 Å². The fraction of sp³-hybridized carbons (Fsp3) is 0.733. The molecular weight excluding hydrogens is 250 g/mol. The number of nitrogens with zero attached hydrogens (tertiary/aromatic N) is 4. The van der Waals surface area contributed by atoms with Crippen LogP contribution in [0.3, 0.4) is 0 Å². The van der Waals surface area contributed by atoms with E-state index < -0.39 is 0 Å². The van der Waals surface area contributed by atoms with Crippen LogP contribution in [-0.2, 0) is 0 Å². The predicted octanol–water partition coefficient (Wildman–Crippen LogP) is 2.17. The lowest BCUT2D eigenvalue weighted by molar-refractivity contribution is 0.372. The predicted molar refractivity (Wildman–Crippen MR) is 84.6 cm³/mol. The molecule has 1 fully saturated rings. The van der Waals surface area contributed by atoms with Crippen LogP contribution < -0.4 is 10.2 Å². The van der Waals surface area contributed by atoms with Gasteiger partial charge in [-0.3, -0.25) is 0 Å². The normalized spacial score (nSPS) is 16.3. The molecule has 1 unspecified atom stereocenters. The minimum absolute atomic E-state index is 0.432. The molecule has 0 bridgehead atoms. The zero-order valence-electron chi connectivity index (χ0n) is 13.3. The standard InChI is InChI=1S/C15H27N5/c1-6-20(11(2)10-19(4)5)14-9-13(16-3)17-15(18-14)12-7-8-12/h9,11-12H,6-8,10H2,1-5H3,(H,16,17,18). The van der Waals surface area contributed by atoms with Crippen molar-refractivity contribution in [1.29, 1.82) is 0 Å². The van der Waals surface area contributed by atoms with E-state index >= 15 is 0 Å². The summed E-state index contributed by atoms with van der Waals surface area (Å²) in [6, 6.07) is 2.49. The molecule has 0 amide bonds. The molecular formula is C15H27N5. The highest BCUT2D eigenvalue weighted by Crippen LogP contribution is 2.39. The Balaban J connectivity index is 2.25. The average molecular weight is 277 g/mol. The Labute approximate surface area is 122 Å². The van der Waals surface area contributed by atoms with Gasteiger partial charge < -0.3 is 15.1 Å². The largest absolute Gasteiger partial charge is 0.373 e. The maximum atomic E-state index is 4.80. The molecule has 1 aromatic rings. The molecule has 5 nitrogen and oxygen atoms in total. The first-order valence-electron chi connectivity index (χ1n) is 7.53. The number of anilines is 2. The van der Waals surface area contributed by atoms with E-state index in [0.29, 0.717) is 12.0 Å². The third-order valence-electron chi connectivity index (χ3n) is 3.72. The number of hydrogen-bond acceptors (Lipinski definition) is 5. The molecule has 0 aromatic carbocycles. The van der Waals surface area contributed by atoms with Crippen molar-refractivity contribution in [3.8, 4) is 0 Å². The van der Waals surface area contributed by atoms with E-state index in [2.05, 4.69) is 54.1 Å². The number of nitrogens with one attached hydrogen (secondary N) is 1. The molecule has 0 radical (unpaired) electrons. The Morgan fingerprint density at radius 2 is 2.05 bits per heavy atom. The minimum atomic E-state index is 0.432. The molecule has 112 valence electrons. The molecule has 20 heavy (non-hydrogen) atoms. The third-order valence-corrected chi connectivity index (χ3v) is 3.72. The summed E-state index contributed by atoms with van der Waals surface area (Å²) >= 11 is 0. The molecule has 1 N–H and O–H groups in total. The summed E-state index contributed by atoms with van der Waals surface area (Å²) in [5.74, 6) is 3.54. The second-order valence-electron chi connectivity index (χ2n) is 5.89. The highest BCUT2D eigenvalue weighted by atomic mass is 15.2. The van der Waals surface area contributed by atoms with Crippen molar-refractivity contribution in [2.24, 2.45) is 0 Å².